The fraction of sp³-hybridized carbons (Fsp3) is 0.467. The van der Waals surface area contributed by atoms with Gasteiger partial charge in [-0.15, -0.1) is 0 Å². The molecule has 1 heterocycles. The summed E-state index contributed by atoms with van der Waals surface area (Å²) in [4.78, 5) is 17.7. The van der Waals surface area contributed by atoms with Gasteiger partial charge in [0.15, 0.2) is 5.82 Å². The summed E-state index contributed by atoms with van der Waals surface area (Å²) in [6, 6.07) is 9.99. The molecule has 1 amide bonds. The molecule has 3 N–H and O–H groups in total. The maximum absolute atomic E-state index is 14.4. The standard InChI is InChI=1S/C30H39F2N5O/c1-5-8-26(35-23-12-11-20-13-22(31)14-25(32)24(20)15-23)29(38)36-28-17-37(19-34-28)27-10-7-6-9-21(27)16-33-18-30(2,3)4/h6-7,9-10,13-14,17,19,23,26,33,35H,5,8,11-12,15-16,18H2,1-4H3,(H,36,38)/t23?,26-/m0/s1. The maximum Gasteiger partial charge on any atom is 0.242 e. The van der Waals surface area contributed by atoms with Crippen LogP contribution in [0.4, 0.5) is 14.6 Å². The Kier molecular flexibility index (Phi) is 8.95. The number of nitrogens with one attached hydrogen (secondary N) is 3. The minimum atomic E-state index is -0.542. The number of para-hydroxylation sites is 1. The maximum atomic E-state index is 14.4. The molecule has 3 aromatic rings. The van der Waals surface area contributed by atoms with Crippen LogP contribution in [0.3, 0.4) is 0 Å². The lowest BCUT2D eigenvalue weighted by molar-refractivity contribution is -0.118. The van der Waals surface area contributed by atoms with Gasteiger partial charge in [0.25, 0.3) is 0 Å². The molecule has 0 spiro atoms. The molecule has 2 aromatic carbocycles. The fourth-order valence-corrected chi connectivity index (χ4v) is 5.01. The molecule has 0 saturated heterocycles. The van der Waals surface area contributed by atoms with Crippen molar-refractivity contribution in [1.82, 2.24) is 20.2 Å². The van der Waals surface area contributed by atoms with Crippen LogP contribution in [0.1, 0.15) is 63.6 Å². The molecule has 204 valence electrons. The Balaban J connectivity index is 1.40. The summed E-state index contributed by atoms with van der Waals surface area (Å²) < 4.78 is 29.9. The van der Waals surface area contributed by atoms with Gasteiger partial charge < -0.3 is 20.5 Å². The Morgan fingerprint density at radius 3 is 2.76 bits per heavy atom. The molecule has 1 aromatic heterocycles. The Bertz CT molecular complexity index is 1250. The van der Waals surface area contributed by atoms with Gasteiger partial charge in [0, 0.05) is 25.2 Å². The monoisotopic (exact) mass is 523 g/mol. The van der Waals surface area contributed by atoms with E-state index in [0.717, 1.165) is 48.8 Å². The van der Waals surface area contributed by atoms with Crippen molar-refractivity contribution in [2.45, 2.75) is 78.4 Å². The van der Waals surface area contributed by atoms with E-state index in [4.69, 9.17) is 0 Å². The molecule has 1 aliphatic carbocycles. The van der Waals surface area contributed by atoms with E-state index in [-0.39, 0.29) is 17.4 Å². The zero-order chi connectivity index (χ0) is 27.3. The lowest BCUT2D eigenvalue weighted by Gasteiger charge is -2.29. The number of aromatic nitrogens is 2. The average Bonchev–Trinajstić information content (AvgIpc) is 3.32. The van der Waals surface area contributed by atoms with Crippen LogP contribution in [-0.4, -0.2) is 34.1 Å². The van der Waals surface area contributed by atoms with Crippen molar-refractivity contribution in [3.05, 3.63) is 77.2 Å². The molecule has 0 bridgehead atoms. The number of hydrogen-bond acceptors (Lipinski definition) is 4. The van der Waals surface area contributed by atoms with Crippen molar-refractivity contribution in [3.8, 4) is 5.69 Å². The van der Waals surface area contributed by atoms with E-state index < -0.39 is 17.7 Å². The SMILES string of the molecule is CCC[C@H](NC1CCc2cc(F)cc(F)c2C1)C(=O)Nc1cn(-c2ccccc2CNCC(C)(C)C)cn1. The first kappa shape index (κ1) is 27.9. The summed E-state index contributed by atoms with van der Waals surface area (Å²) in [7, 11) is 0. The van der Waals surface area contributed by atoms with E-state index in [1.165, 1.54) is 6.07 Å². The van der Waals surface area contributed by atoms with Crippen molar-refractivity contribution in [2.24, 2.45) is 5.41 Å². The van der Waals surface area contributed by atoms with Crippen molar-refractivity contribution >= 4 is 11.7 Å². The van der Waals surface area contributed by atoms with Gasteiger partial charge in [-0.05, 0) is 59.9 Å². The highest BCUT2D eigenvalue weighted by molar-refractivity contribution is 5.94. The van der Waals surface area contributed by atoms with Gasteiger partial charge in [0.1, 0.15) is 18.0 Å². The first-order valence-corrected chi connectivity index (χ1v) is 13.5. The van der Waals surface area contributed by atoms with Gasteiger partial charge in [0.05, 0.1) is 17.9 Å². The number of fused-ring (bicyclic) bond motifs is 1. The number of imidazole rings is 1. The lowest BCUT2D eigenvalue weighted by Crippen LogP contribution is -2.48. The molecule has 0 saturated carbocycles. The first-order chi connectivity index (χ1) is 18.1. The molecule has 1 unspecified atom stereocenters. The average molecular weight is 524 g/mol. The predicted octanol–water partition coefficient (Wildman–Crippen LogP) is 5.54. The molecule has 4 rings (SSSR count). The molecule has 1 aliphatic rings. The summed E-state index contributed by atoms with van der Waals surface area (Å²) >= 11 is 0. The summed E-state index contributed by atoms with van der Waals surface area (Å²) in [5.41, 5.74) is 3.60. The molecule has 8 heteroatoms. The lowest BCUT2D eigenvalue weighted by atomic mass is 9.87. The number of halogens is 2. The molecule has 38 heavy (non-hydrogen) atoms. The Labute approximate surface area is 224 Å². The first-order valence-electron chi connectivity index (χ1n) is 13.5. The molecule has 2 atom stereocenters. The van der Waals surface area contributed by atoms with Crippen LogP contribution in [0.25, 0.3) is 5.69 Å². The normalized spacial score (nSPS) is 16.2. The van der Waals surface area contributed by atoms with Gasteiger partial charge in [-0.25, -0.2) is 13.8 Å². The van der Waals surface area contributed by atoms with Crippen LogP contribution in [0, 0.1) is 17.0 Å². The number of rotatable bonds is 10. The number of amides is 1. The summed E-state index contributed by atoms with van der Waals surface area (Å²) in [6.45, 7) is 10.2. The van der Waals surface area contributed by atoms with Gasteiger partial charge in [-0.3, -0.25) is 4.79 Å². The van der Waals surface area contributed by atoms with E-state index in [1.54, 1.807) is 6.33 Å². The third kappa shape index (κ3) is 7.26. The minimum absolute atomic E-state index is 0.0604. The third-order valence-corrected chi connectivity index (χ3v) is 6.87. The molecule has 0 aliphatic heterocycles. The largest absolute Gasteiger partial charge is 0.312 e. The topological polar surface area (TPSA) is 71.0 Å². The third-order valence-electron chi connectivity index (χ3n) is 6.87. The summed E-state index contributed by atoms with van der Waals surface area (Å²) in [5, 5.41) is 9.90. The van der Waals surface area contributed by atoms with Crippen LogP contribution in [-0.2, 0) is 24.2 Å². The Morgan fingerprint density at radius 1 is 1.21 bits per heavy atom. The number of hydrogen-bond donors (Lipinski definition) is 3. The number of nitrogens with zero attached hydrogens (tertiary/aromatic N) is 2. The van der Waals surface area contributed by atoms with E-state index in [1.807, 2.05) is 35.9 Å². The molecular weight excluding hydrogens is 484 g/mol. The molecule has 6 nitrogen and oxygen atoms in total. The highest BCUT2D eigenvalue weighted by atomic mass is 19.1. The van der Waals surface area contributed by atoms with Crippen LogP contribution in [0.15, 0.2) is 48.9 Å². The highest BCUT2D eigenvalue weighted by Gasteiger charge is 2.27. The summed E-state index contributed by atoms with van der Waals surface area (Å²) in [6.07, 6.45) is 6.73. The molecule has 0 fully saturated rings. The number of anilines is 1. The van der Waals surface area contributed by atoms with Crippen molar-refractivity contribution in [2.75, 3.05) is 11.9 Å². The highest BCUT2D eigenvalue weighted by Crippen LogP contribution is 2.26. The van der Waals surface area contributed by atoms with E-state index in [9.17, 15) is 13.6 Å². The Morgan fingerprint density at radius 2 is 2.00 bits per heavy atom. The van der Waals surface area contributed by atoms with Crippen LogP contribution in [0.2, 0.25) is 0 Å². The van der Waals surface area contributed by atoms with Gasteiger partial charge >= 0.3 is 0 Å². The van der Waals surface area contributed by atoms with Crippen LogP contribution in [0.5, 0.6) is 0 Å². The van der Waals surface area contributed by atoms with E-state index in [0.29, 0.717) is 30.6 Å². The number of carbonyl (C=O) groups is 1. The molecular formula is C30H39F2N5O. The Hall–Kier alpha value is -3.10. The number of benzene rings is 2. The second-order valence-corrected chi connectivity index (χ2v) is 11.4. The van der Waals surface area contributed by atoms with E-state index >= 15 is 0 Å². The fourth-order valence-electron chi connectivity index (χ4n) is 5.01. The van der Waals surface area contributed by atoms with Gasteiger partial charge in [-0.2, -0.15) is 0 Å². The zero-order valence-electron chi connectivity index (χ0n) is 22.8. The van der Waals surface area contributed by atoms with E-state index in [2.05, 4.69) is 47.8 Å². The van der Waals surface area contributed by atoms with Gasteiger partial charge in [-0.1, -0.05) is 52.3 Å². The smallest absolute Gasteiger partial charge is 0.242 e. The molecule has 0 radical (unpaired) electrons. The predicted molar refractivity (Wildman–Crippen MR) is 147 cm³/mol. The number of aryl methyl sites for hydroxylation is 1. The minimum Gasteiger partial charge on any atom is -0.312 e. The van der Waals surface area contributed by atoms with Crippen molar-refractivity contribution in [3.63, 3.8) is 0 Å². The number of carbonyl (C=O) groups excluding carboxylic acids is 1. The van der Waals surface area contributed by atoms with Crippen molar-refractivity contribution in [1.29, 1.82) is 0 Å². The van der Waals surface area contributed by atoms with Crippen LogP contribution >= 0.6 is 0 Å². The van der Waals surface area contributed by atoms with Crippen LogP contribution < -0.4 is 16.0 Å². The zero-order valence-corrected chi connectivity index (χ0v) is 22.8. The quantitative estimate of drug-likeness (QED) is 0.326. The van der Waals surface area contributed by atoms with Crippen molar-refractivity contribution < 1.29 is 13.6 Å². The second-order valence-electron chi connectivity index (χ2n) is 11.4. The second kappa shape index (κ2) is 12.2. The van der Waals surface area contributed by atoms with Gasteiger partial charge in [0.2, 0.25) is 5.91 Å². The summed E-state index contributed by atoms with van der Waals surface area (Å²) in [5.74, 6) is -0.741.